The summed E-state index contributed by atoms with van der Waals surface area (Å²) in [7, 11) is 1.73. The maximum atomic E-state index is 13.3. The molecule has 0 bridgehead atoms. The number of imide groups is 2. The van der Waals surface area contributed by atoms with Crippen molar-refractivity contribution in [1.82, 2.24) is 15.1 Å². The molecule has 0 aliphatic carbocycles. The number of hydrogen-bond donors (Lipinski definition) is 1. The SMILES string of the molecule is CN(CCOc1ccc(/C(=C(/CCCl)c2ccccc2)c2ccccc2)cc1)C(=O)CCOCCSc1cccc2c1C(=O)N(C1CCC(=O)NC1=O)C2=O. The number of hydrogen-bond acceptors (Lipinski definition) is 8. The monoisotopic (exact) mass is 779 g/mol. The Hall–Kier alpha value is -5.23. The number of thioether (sulfide) groups is 1. The Morgan fingerprint density at radius 2 is 1.51 bits per heavy atom. The molecule has 10 nitrogen and oxygen atoms in total. The third-order valence-corrected chi connectivity index (χ3v) is 10.7. The molecule has 2 aliphatic rings. The van der Waals surface area contributed by atoms with Gasteiger partial charge in [-0.05, 0) is 64.9 Å². The number of carbonyl (C=O) groups excluding carboxylic acids is 5. The van der Waals surface area contributed by atoms with Crippen LogP contribution in [-0.2, 0) is 19.1 Å². The van der Waals surface area contributed by atoms with E-state index in [1.165, 1.54) is 17.3 Å². The van der Waals surface area contributed by atoms with Crippen molar-refractivity contribution < 1.29 is 33.4 Å². The average Bonchev–Trinajstić information content (AvgIpc) is 3.46. The van der Waals surface area contributed by atoms with Crippen molar-refractivity contribution in [2.75, 3.05) is 45.0 Å². The molecule has 0 radical (unpaired) electrons. The van der Waals surface area contributed by atoms with Crippen LogP contribution in [0.1, 0.15) is 63.1 Å². The first-order valence-corrected chi connectivity index (χ1v) is 19.7. The molecular weight excluding hydrogens is 738 g/mol. The molecule has 1 saturated heterocycles. The molecule has 0 spiro atoms. The summed E-state index contributed by atoms with van der Waals surface area (Å²) in [5, 5.41) is 2.21. The van der Waals surface area contributed by atoms with E-state index in [0.29, 0.717) is 48.5 Å². The minimum Gasteiger partial charge on any atom is -0.492 e. The molecule has 1 atom stereocenters. The Bertz CT molecular complexity index is 2060. The van der Waals surface area contributed by atoms with Gasteiger partial charge in [0.15, 0.2) is 0 Å². The summed E-state index contributed by atoms with van der Waals surface area (Å²) in [5.74, 6) is -0.537. The zero-order valence-electron chi connectivity index (χ0n) is 30.5. The predicted molar refractivity (Wildman–Crippen MR) is 213 cm³/mol. The number of ether oxygens (including phenoxy) is 2. The molecule has 1 unspecified atom stereocenters. The smallest absolute Gasteiger partial charge is 0.263 e. The predicted octanol–water partition coefficient (Wildman–Crippen LogP) is 6.71. The van der Waals surface area contributed by atoms with Gasteiger partial charge in [-0.15, -0.1) is 23.4 Å². The Morgan fingerprint density at radius 3 is 2.20 bits per heavy atom. The second kappa shape index (κ2) is 18.9. The van der Waals surface area contributed by atoms with Crippen molar-refractivity contribution >= 4 is 64.0 Å². The largest absolute Gasteiger partial charge is 0.492 e. The highest BCUT2D eigenvalue weighted by atomic mass is 35.5. The van der Waals surface area contributed by atoms with Crippen LogP contribution in [0.2, 0.25) is 0 Å². The zero-order valence-corrected chi connectivity index (χ0v) is 32.1. The molecule has 55 heavy (non-hydrogen) atoms. The van der Waals surface area contributed by atoms with Gasteiger partial charge in [-0.25, -0.2) is 0 Å². The van der Waals surface area contributed by atoms with Gasteiger partial charge in [-0.3, -0.25) is 34.2 Å². The van der Waals surface area contributed by atoms with Gasteiger partial charge in [0.2, 0.25) is 17.7 Å². The molecule has 4 aromatic rings. The van der Waals surface area contributed by atoms with E-state index in [1.807, 2.05) is 48.5 Å². The number of halogens is 1. The number of amides is 5. The van der Waals surface area contributed by atoms with Crippen molar-refractivity contribution in [3.8, 4) is 5.75 Å². The number of rotatable bonds is 17. The van der Waals surface area contributed by atoms with E-state index in [4.69, 9.17) is 21.1 Å². The standard InChI is InChI=1S/C43H42ClN3O7S/c1-46(24-26-54-32-17-15-31(16-18-32)39(30-11-6-3-7-12-30)33(21-23-44)29-9-4-2-5-10-29)38(49)22-25-53-27-28-55-36-14-8-13-34-40(36)43(52)47(42(34)51)35-19-20-37(48)45-41(35)50/h2-18,35H,19-28H2,1H3,(H,45,48,50)/b39-33-. The number of fused-ring (bicyclic) bond motifs is 1. The van der Waals surface area contributed by atoms with Crippen molar-refractivity contribution in [3.05, 3.63) is 131 Å². The van der Waals surface area contributed by atoms with Crippen LogP contribution >= 0.6 is 23.4 Å². The van der Waals surface area contributed by atoms with Crippen molar-refractivity contribution in [3.63, 3.8) is 0 Å². The number of likely N-dealkylation sites (N-methyl/N-ethyl adjacent to an activating group) is 1. The maximum Gasteiger partial charge on any atom is 0.263 e. The lowest BCUT2D eigenvalue weighted by molar-refractivity contribution is -0.136. The van der Waals surface area contributed by atoms with E-state index in [1.54, 1.807) is 30.1 Å². The molecule has 1 fully saturated rings. The maximum absolute atomic E-state index is 13.3. The average molecular weight is 780 g/mol. The number of alkyl halides is 1. The first-order chi connectivity index (χ1) is 26.8. The Kier molecular flexibility index (Phi) is 13.5. The summed E-state index contributed by atoms with van der Waals surface area (Å²) < 4.78 is 11.7. The van der Waals surface area contributed by atoms with Gasteiger partial charge in [0.1, 0.15) is 18.4 Å². The van der Waals surface area contributed by atoms with Crippen LogP contribution in [0, 0.1) is 0 Å². The molecule has 4 aromatic carbocycles. The molecule has 12 heteroatoms. The Morgan fingerprint density at radius 1 is 0.818 bits per heavy atom. The molecule has 6 rings (SSSR count). The van der Waals surface area contributed by atoms with E-state index < -0.39 is 29.7 Å². The van der Waals surface area contributed by atoms with E-state index in [-0.39, 0.29) is 42.9 Å². The number of allylic oxidation sites excluding steroid dienone is 1. The molecule has 2 aliphatic heterocycles. The number of piperidine rings is 1. The fraction of sp³-hybridized carbons (Fsp3) is 0.279. The molecule has 0 saturated carbocycles. The quantitative estimate of drug-likeness (QED) is 0.0413. The highest BCUT2D eigenvalue weighted by Gasteiger charge is 2.45. The van der Waals surface area contributed by atoms with E-state index >= 15 is 0 Å². The van der Waals surface area contributed by atoms with E-state index in [2.05, 4.69) is 41.7 Å². The van der Waals surface area contributed by atoms with Crippen LogP contribution in [0.3, 0.4) is 0 Å². The van der Waals surface area contributed by atoms with Gasteiger partial charge in [0.05, 0.1) is 37.3 Å². The van der Waals surface area contributed by atoms with Crippen LogP contribution in [0.5, 0.6) is 5.75 Å². The summed E-state index contributed by atoms with van der Waals surface area (Å²) >= 11 is 7.65. The van der Waals surface area contributed by atoms with Gasteiger partial charge in [0, 0.05) is 30.0 Å². The molecule has 2 heterocycles. The van der Waals surface area contributed by atoms with Crippen LogP contribution < -0.4 is 10.1 Å². The minimum absolute atomic E-state index is 0.0606. The van der Waals surface area contributed by atoms with E-state index in [0.717, 1.165) is 27.2 Å². The first-order valence-electron chi connectivity index (χ1n) is 18.2. The third kappa shape index (κ3) is 9.54. The number of carbonyl (C=O) groups is 5. The first kappa shape index (κ1) is 39.5. The van der Waals surface area contributed by atoms with Crippen molar-refractivity contribution in [2.45, 2.75) is 36.6 Å². The summed E-state index contributed by atoms with van der Waals surface area (Å²) in [6.07, 6.45) is 1.08. The van der Waals surface area contributed by atoms with Gasteiger partial charge in [-0.2, -0.15) is 0 Å². The van der Waals surface area contributed by atoms with Crippen molar-refractivity contribution in [2.24, 2.45) is 0 Å². The summed E-state index contributed by atoms with van der Waals surface area (Å²) in [6, 6.07) is 32.6. The highest BCUT2D eigenvalue weighted by molar-refractivity contribution is 7.99. The number of nitrogens with zero attached hydrogens (tertiary/aromatic N) is 2. The zero-order chi connectivity index (χ0) is 38.7. The second-order valence-corrected chi connectivity index (χ2v) is 14.6. The third-order valence-electron chi connectivity index (χ3n) is 9.47. The minimum atomic E-state index is -1.02. The topological polar surface area (TPSA) is 122 Å². The van der Waals surface area contributed by atoms with Crippen LogP contribution in [0.15, 0.2) is 108 Å². The lowest BCUT2D eigenvalue weighted by Gasteiger charge is -2.27. The summed E-state index contributed by atoms with van der Waals surface area (Å²) in [5.41, 5.74) is 6.08. The Balaban J connectivity index is 0.947. The van der Waals surface area contributed by atoms with Gasteiger partial charge in [0.25, 0.3) is 11.8 Å². The van der Waals surface area contributed by atoms with Gasteiger partial charge in [-0.1, -0.05) is 78.9 Å². The second-order valence-electron chi connectivity index (χ2n) is 13.0. The van der Waals surface area contributed by atoms with Gasteiger partial charge < -0.3 is 14.4 Å². The van der Waals surface area contributed by atoms with Crippen LogP contribution in [0.4, 0.5) is 0 Å². The normalized spacial score (nSPS) is 15.7. The van der Waals surface area contributed by atoms with Gasteiger partial charge >= 0.3 is 0 Å². The summed E-state index contributed by atoms with van der Waals surface area (Å²) in [6.45, 7) is 1.28. The molecule has 284 valence electrons. The van der Waals surface area contributed by atoms with Crippen molar-refractivity contribution in [1.29, 1.82) is 0 Å². The molecular formula is C43H42ClN3O7S. The molecule has 0 aromatic heterocycles. The molecule has 1 N–H and O–H groups in total. The molecule has 5 amide bonds. The fourth-order valence-electron chi connectivity index (χ4n) is 6.68. The van der Waals surface area contributed by atoms with E-state index in [9.17, 15) is 24.0 Å². The number of benzene rings is 4. The lowest BCUT2D eigenvalue weighted by Crippen LogP contribution is -2.54. The number of nitrogens with one attached hydrogen (secondary N) is 1. The Labute approximate surface area is 329 Å². The van der Waals surface area contributed by atoms with Crippen LogP contribution in [0.25, 0.3) is 11.1 Å². The summed E-state index contributed by atoms with van der Waals surface area (Å²) in [4.78, 5) is 66.3. The van der Waals surface area contributed by atoms with Crippen LogP contribution in [-0.4, -0.2) is 90.4 Å². The highest BCUT2D eigenvalue weighted by Crippen LogP contribution is 2.36. The fourth-order valence-corrected chi connectivity index (χ4v) is 7.80. The lowest BCUT2D eigenvalue weighted by atomic mass is 9.88.